The summed E-state index contributed by atoms with van der Waals surface area (Å²) in [5.41, 5.74) is 9.02. The lowest BCUT2D eigenvalue weighted by Gasteiger charge is -2.15. The van der Waals surface area contributed by atoms with Gasteiger partial charge in [0.15, 0.2) is 0 Å². The van der Waals surface area contributed by atoms with E-state index < -0.39 is 6.04 Å². The maximum atomic E-state index is 11.8. The maximum Gasteiger partial charge on any atom is 0.239 e. The Bertz CT molecular complexity index is 535. The number of rotatable bonds is 6. The highest BCUT2D eigenvalue weighted by molar-refractivity contribution is 9.10. The first kappa shape index (κ1) is 18.6. The van der Waals surface area contributed by atoms with E-state index in [4.69, 9.17) is 5.73 Å². The SMILES string of the molecule is Cc1cc(Br)cc(C)c1CNC(=O)CNC(=O)[C@@H](N)C(C)C. The Morgan fingerprint density at radius 3 is 2.23 bits per heavy atom. The van der Waals surface area contributed by atoms with Gasteiger partial charge in [0.1, 0.15) is 0 Å². The summed E-state index contributed by atoms with van der Waals surface area (Å²) in [4.78, 5) is 23.5. The fraction of sp³-hybridized carbons (Fsp3) is 0.500. The van der Waals surface area contributed by atoms with Crippen molar-refractivity contribution in [2.45, 2.75) is 40.3 Å². The van der Waals surface area contributed by atoms with Gasteiger partial charge in [0.25, 0.3) is 0 Å². The zero-order valence-corrected chi connectivity index (χ0v) is 15.1. The molecule has 0 aliphatic carbocycles. The molecule has 0 saturated heterocycles. The molecule has 0 fully saturated rings. The Balaban J connectivity index is 2.49. The van der Waals surface area contributed by atoms with Crippen molar-refractivity contribution in [3.8, 4) is 0 Å². The van der Waals surface area contributed by atoms with E-state index in [-0.39, 0.29) is 24.3 Å². The second-order valence-corrected chi connectivity index (χ2v) is 6.70. The summed E-state index contributed by atoms with van der Waals surface area (Å²) in [7, 11) is 0. The van der Waals surface area contributed by atoms with E-state index in [1.807, 2.05) is 39.8 Å². The first-order valence-electron chi connectivity index (χ1n) is 7.28. The topological polar surface area (TPSA) is 84.2 Å². The van der Waals surface area contributed by atoms with Gasteiger partial charge in [-0.15, -0.1) is 0 Å². The minimum atomic E-state index is -0.594. The third-order valence-corrected chi connectivity index (χ3v) is 4.03. The second-order valence-electron chi connectivity index (χ2n) is 5.78. The molecule has 1 rings (SSSR count). The molecule has 6 heteroatoms. The van der Waals surface area contributed by atoms with Gasteiger partial charge in [-0.2, -0.15) is 0 Å². The van der Waals surface area contributed by atoms with Crippen LogP contribution in [0.15, 0.2) is 16.6 Å². The van der Waals surface area contributed by atoms with Gasteiger partial charge >= 0.3 is 0 Å². The Labute approximate surface area is 140 Å². The van der Waals surface area contributed by atoms with Gasteiger partial charge in [-0.25, -0.2) is 0 Å². The van der Waals surface area contributed by atoms with Crippen molar-refractivity contribution in [1.29, 1.82) is 0 Å². The zero-order chi connectivity index (χ0) is 16.9. The third kappa shape index (κ3) is 5.42. The lowest BCUT2D eigenvalue weighted by molar-refractivity contribution is -0.127. The molecule has 0 aliphatic heterocycles. The number of carbonyl (C=O) groups is 2. The number of hydrogen-bond donors (Lipinski definition) is 3. The number of amides is 2. The third-order valence-electron chi connectivity index (χ3n) is 3.57. The van der Waals surface area contributed by atoms with Crippen LogP contribution in [0.25, 0.3) is 0 Å². The van der Waals surface area contributed by atoms with Gasteiger partial charge in [-0.1, -0.05) is 29.8 Å². The molecule has 0 aromatic heterocycles. The van der Waals surface area contributed by atoms with E-state index in [0.717, 1.165) is 21.2 Å². The fourth-order valence-corrected chi connectivity index (χ4v) is 2.74. The number of nitrogens with one attached hydrogen (secondary N) is 2. The molecule has 1 aromatic carbocycles. The van der Waals surface area contributed by atoms with E-state index in [9.17, 15) is 9.59 Å². The Hall–Kier alpha value is -1.40. The van der Waals surface area contributed by atoms with Crippen LogP contribution in [-0.2, 0) is 16.1 Å². The predicted molar refractivity (Wildman–Crippen MR) is 91.3 cm³/mol. The van der Waals surface area contributed by atoms with Crippen molar-refractivity contribution in [2.75, 3.05) is 6.54 Å². The van der Waals surface area contributed by atoms with Gasteiger partial charge < -0.3 is 16.4 Å². The van der Waals surface area contributed by atoms with Crippen LogP contribution in [0.2, 0.25) is 0 Å². The molecule has 5 nitrogen and oxygen atoms in total. The molecule has 0 bridgehead atoms. The molecule has 0 radical (unpaired) electrons. The summed E-state index contributed by atoms with van der Waals surface area (Å²) in [6, 6.07) is 3.43. The number of nitrogens with two attached hydrogens (primary N) is 1. The molecule has 122 valence electrons. The van der Waals surface area contributed by atoms with Crippen LogP contribution in [0.4, 0.5) is 0 Å². The summed E-state index contributed by atoms with van der Waals surface area (Å²) in [6.07, 6.45) is 0. The largest absolute Gasteiger partial charge is 0.350 e. The molecule has 0 heterocycles. The van der Waals surface area contributed by atoms with Crippen LogP contribution in [0.5, 0.6) is 0 Å². The van der Waals surface area contributed by atoms with Crippen LogP contribution >= 0.6 is 15.9 Å². The first-order valence-corrected chi connectivity index (χ1v) is 8.07. The molecular formula is C16H24BrN3O2. The van der Waals surface area contributed by atoms with Crippen LogP contribution in [0, 0.1) is 19.8 Å². The average Bonchev–Trinajstić information content (AvgIpc) is 2.42. The molecule has 22 heavy (non-hydrogen) atoms. The van der Waals surface area contributed by atoms with Crippen molar-refractivity contribution >= 4 is 27.7 Å². The van der Waals surface area contributed by atoms with Gasteiger partial charge in [-0.3, -0.25) is 9.59 Å². The van der Waals surface area contributed by atoms with Gasteiger partial charge in [0.2, 0.25) is 11.8 Å². The van der Waals surface area contributed by atoms with Crippen molar-refractivity contribution in [3.05, 3.63) is 33.3 Å². The number of halogens is 1. The first-order chi connectivity index (χ1) is 10.2. The molecule has 0 saturated carbocycles. The van der Waals surface area contributed by atoms with Crippen LogP contribution < -0.4 is 16.4 Å². The highest BCUT2D eigenvalue weighted by atomic mass is 79.9. The van der Waals surface area contributed by atoms with E-state index in [0.29, 0.717) is 6.54 Å². The summed E-state index contributed by atoms with van der Waals surface area (Å²) in [5, 5.41) is 5.37. The van der Waals surface area contributed by atoms with Crippen LogP contribution in [0.3, 0.4) is 0 Å². The number of carbonyl (C=O) groups excluding carboxylic acids is 2. The lowest BCUT2D eigenvalue weighted by atomic mass is 10.0. The Morgan fingerprint density at radius 1 is 1.18 bits per heavy atom. The minimum absolute atomic E-state index is 0.0381. The predicted octanol–water partition coefficient (Wildman–Crippen LogP) is 1.78. The normalized spacial score (nSPS) is 12.1. The molecule has 1 atom stereocenters. The van der Waals surface area contributed by atoms with Crippen LogP contribution in [-0.4, -0.2) is 24.4 Å². The quantitative estimate of drug-likeness (QED) is 0.714. The lowest BCUT2D eigenvalue weighted by Crippen LogP contribution is -2.47. The van der Waals surface area contributed by atoms with Gasteiger partial charge in [0, 0.05) is 11.0 Å². The average molecular weight is 370 g/mol. The van der Waals surface area contributed by atoms with Gasteiger partial charge in [-0.05, 0) is 48.6 Å². The smallest absolute Gasteiger partial charge is 0.239 e. The summed E-state index contributed by atoms with van der Waals surface area (Å²) in [5.74, 6) is -0.497. The van der Waals surface area contributed by atoms with E-state index in [1.165, 1.54) is 0 Å². The zero-order valence-electron chi connectivity index (χ0n) is 13.5. The molecule has 4 N–H and O–H groups in total. The molecule has 0 unspecified atom stereocenters. The summed E-state index contributed by atoms with van der Waals surface area (Å²) in [6.45, 7) is 8.11. The minimum Gasteiger partial charge on any atom is -0.350 e. The standard InChI is InChI=1S/C16H24BrN3O2/c1-9(2)15(18)16(22)20-8-14(21)19-7-13-10(3)5-12(17)6-11(13)4/h5-6,9,15H,7-8,18H2,1-4H3,(H,19,21)(H,20,22)/t15-/m0/s1. The Kier molecular flexibility index (Phi) is 7.03. The summed E-state index contributed by atoms with van der Waals surface area (Å²) >= 11 is 3.45. The van der Waals surface area contributed by atoms with E-state index in [2.05, 4.69) is 26.6 Å². The number of benzene rings is 1. The van der Waals surface area contributed by atoms with Crippen molar-refractivity contribution in [2.24, 2.45) is 11.7 Å². The van der Waals surface area contributed by atoms with E-state index in [1.54, 1.807) is 0 Å². The van der Waals surface area contributed by atoms with E-state index >= 15 is 0 Å². The monoisotopic (exact) mass is 369 g/mol. The second kappa shape index (κ2) is 8.29. The van der Waals surface area contributed by atoms with Crippen molar-refractivity contribution < 1.29 is 9.59 Å². The van der Waals surface area contributed by atoms with Crippen molar-refractivity contribution in [3.63, 3.8) is 0 Å². The maximum absolute atomic E-state index is 11.8. The highest BCUT2D eigenvalue weighted by Crippen LogP contribution is 2.20. The number of hydrogen-bond acceptors (Lipinski definition) is 3. The fourth-order valence-electron chi connectivity index (χ4n) is 2.06. The van der Waals surface area contributed by atoms with Crippen LogP contribution in [0.1, 0.15) is 30.5 Å². The molecule has 0 spiro atoms. The molecular weight excluding hydrogens is 346 g/mol. The van der Waals surface area contributed by atoms with Crippen molar-refractivity contribution in [1.82, 2.24) is 10.6 Å². The van der Waals surface area contributed by atoms with Gasteiger partial charge in [0.05, 0.1) is 12.6 Å². The molecule has 1 aromatic rings. The number of aryl methyl sites for hydroxylation is 2. The molecule has 0 aliphatic rings. The summed E-state index contributed by atoms with van der Waals surface area (Å²) < 4.78 is 1.02. The molecule has 2 amide bonds. The highest BCUT2D eigenvalue weighted by Gasteiger charge is 2.17. The Morgan fingerprint density at radius 2 is 1.73 bits per heavy atom.